The molecular weight excluding hydrogens is 256 g/mol. The van der Waals surface area contributed by atoms with Gasteiger partial charge in [-0.3, -0.25) is 0 Å². The minimum atomic E-state index is 0.160. The van der Waals surface area contributed by atoms with Crippen molar-refractivity contribution in [1.82, 2.24) is 0 Å². The molecule has 1 heteroatoms. The number of carbonyl (C=O) groups excluding carboxylic acids is 1. The van der Waals surface area contributed by atoms with E-state index in [0.717, 1.165) is 32.0 Å². The van der Waals surface area contributed by atoms with Gasteiger partial charge in [-0.2, -0.15) is 0 Å². The van der Waals surface area contributed by atoms with E-state index in [1.807, 2.05) is 0 Å². The fourth-order valence-electron chi connectivity index (χ4n) is 2.49. The Morgan fingerprint density at radius 3 is 1.48 bits per heavy atom. The third-order valence-corrected chi connectivity index (χ3v) is 4.04. The molecule has 0 radical (unpaired) electrons. The molecule has 0 aliphatic carbocycles. The molecule has 0 unspecified atom stereocenters. The zero-order valence-electron chi connectivity index (χ0n) is 13.0. The van der Waals surface area contributed by atoms with Crippen LogP contribution in [0.3, 0.4) is 0 Å². The zero-order chi connectivity index (χ0) is 15.1. The molecule has 0 saturated carbocycles. The fraction of sp³-hybridized carbons (Fsp3) is 0.350. The van der Waals surface area contributed by atoms with Gasteiger partial charge in [0.1, 0.15) is 6.29 Å². The third kappa shape index (κ3) is 5.18. The average Bonchev–Trinajstić information content (AvgIpc) is 2.51. The summed E-state index contributed by atoms with van der Waals surface area (Å²) >= 11 is 0. The Morgan fingerprint density at radius 2 is 1.14 bits per heavy atom. The van der Waals surface area contributed by atoms with Crippen molar-refractivity contribution in [1.29, 1.82) is 0 Å². The number of hydrogen-bond acceptors (Lipinski definition) is 1. The van der Waals surface area contributed by atoms with E-state index in [4.69, 9.17) is 0 Å². The van der Waals surface area contributed by atoms with Crippen LogP contribution in [0.25, 0.3) is 0 Å². The molecule has 21 heavy (non-hydrogen) atoms. The maximum absolute atomic E-state index is 11.3. The molecule has 0 N–H and O–H groups in total. The minimum absolute atomic E-state index is 0.160. The highest BCUT2D eigenvalue weighted by atomic mass is 16.1. The fourth-order valence-corrected chi connectivity index (χ4v) is 2.49. The van der Waals surface area contributed by atoms with Gasteiger partial charge in [-0.15, -0.1) is 0 Å². The summed E-state index contributed by atoms with van der Waals surface area (Å²) in [5, 5.41) is 0. The van der Waals surface area contributed by atoms with Crippen molar-refractivity contribution in [2.45, 2.75) is 39.5 Å². The molecular formula is C20H24O. The van der Waals surface area contributed by atoms with Gasteiger partial charge in [-0.25, -0.2) is 0 Å². The SMILES string of the molecule is Cc1ccc(CCC(C=O)CCc2ccc(C)cc2)cc1. The lowest BCUT2D eigenvalue weighted by Gasteiger charge is -2.10. The van der Waals surface area contributed by atoms with Crippen LogP contribution in [0.15, 0.2) is 48.5 Å². The first kappa shape index (κ1) is 15.5. The monoisotopic (exact) mass is 280 g/mol. The highest BCUT2D eigenvalue weighted by Crippen LogP contribution is 2.15. The second-order valence-electron chi connectivity index (χ2n) is 5.94. The van der Waals surface area contributed by atoms with Crippen LogP contribution < -0.4 is 0 Å². The second kappa shape index (κ2) is 7.78. The van der Waals surface area contributed by atoms with E-state index in [-0.39, 0.29) is 5.92 Å². The summed E-state index contributed by atoms with van der Waals surface area (Å²) in [7, 11) is 0. The molecule has 0 amide bonds. The van der Waals surface area contributed by atoms with Crippen LogP contribution >= 0.6 is 0 Å². The first-order valence-electron chi connectivity index (χ1n) is 7.74. The molecule has 0 saturated heterocycles. The first-order chi connectivity index (χ1) is 10.2. The molecule has 0 heterocycles. The number of hydrogen-bond donors (Lipinski definition) is 0. The lowest BCUT2D eigenvalue weighted by Crippen LogP contribution is -2.05. The van der Waals surface area contributed by atoms with Gasteiger partial charge in [0.15, 0.2) is 0 Å². The maximum atomic E-state index is 11.3. The second-order valence-corrected chi connectivity index (χ2v) is 5.94. The Morgan fingerprint density at radius 1 is 0.762 bits per heavy atom. The van der Waals surface area contributed by atoms with Crippen LogP contribution in [0.2, 0.25) is 0 Å². The molecule has 2 aromatic carbocycles. The van der Waals surface area contributed by atoms with E-state index < -0.39 is 0 Å². The predicted octanol–water partition coefficient (Wildman–Crippen LogP) is 4.68. The van der Waals surface area contributed by atoms with Crippen LogP contribution in [0, 0.1) is 19.8 Å². The number of aryl methyl sites for hydroxylation is 4. The van der Waals surface area contributed by atoms with E-state index in [0.29, 0.717) is 0 Å². The van der Waals surface area contributed by atoms with Crippen molar-refractivity contribution in [2.75, 3.05) is 0 Å². The summed E-state index contributed by atoms with van der Waals surface area (Å²) in [4.78, 5) is 11.3. The lowest BCUT2D eigenvalue weighted by atomic mass is 9.94. The molecule has 0 fully saturated rings. The van der Waals surface area contributed by atoms with Gasteiger partial charge in [0.2, 0.25) is 0 Å². The smallest absolute Gasteiger partial charge is 0.123 e. The van der Waals surface area contributed by atoms with Crippen LogP contribution in [0.1, 0.15) is 35.1 Å². The Kier molecular flexibility index (Phi) is 5.74. The van der Waals surface area contributed by atoms with Gasteiger partial charge in [-0.05, 0) is 50.7 Å². The summed E-state index contributed by atoms with van der Waals surface area (Å²) in [6, 6.07) is 17.2. The van der Waals surface area contributed by atoms with Crippen molar-refractivity contribution >= 4 is 6.29 Å². The van der Waals surface area contributed by atoms with Gasteiger partial charge < -0.3 is 4.79 Å². The maximum Gasteiger partial charge on any atom is 0.123 e. The molecule has 2 aromatic rings. The van der Waals surface area contributed by atoms with E-state index in [1.165, 1.54) is 22.3 Å². The molecule has 2 rings (SSSR count). The van der Waals surface area contributed by atoms with Crippen molar-refractivity contribution in [2.24, 2.45) is 5.92 Å². The molecule has 0 spiro atoms. The summed E-state index contributed by atoms with van der Waals surface area (Å²) in [6.45, 7) is 4.19. The molecule has 0 aromatic heterocycles. The third-order valence-electron chi connectivity index (χ3n) is 4.04. The number of aldehydes is 1. The molecule has 0 aliphatic heterocycles. The first-order valence-corrected chi connectivity index (χ1v) is 7.74. The van der Waals surface area contributed by atoms with Crippen LogP contribution in [0.4, 0.5) is 0 Å². The summed E-state index contributed by atoms with van der Waals surface area (Å²) in [5.74, 6) is 0.160. The Hall–Kier alpha value is -1.89. The number of rotatable bonds is 7. The van der Waals surface area contributed by atoms with Crippen molar-refractivity contribution in [3.8, 4) is 0 Å². The van der Waals surface area contributed by atoms with Crippen LogP contribution in [0.5, 0.6) is 0 Å². The highest BCUT2D eigenvalue weighted by Gasteiger charge is 2.08. The van der Waals surface area contributed by atoms with Crippen LogP contribution in [-0.4, -0.2) is 6.29 Å². The topological polar surface area (TPSA) is 17.1 Å². The molecule has 0 aliphatic rings. The van der Waals surface area contributed by atoms with Gasteiger partial charge >= 0.3 is 0 Å². The quantitative estimate of drug-likeness (QED) is 0.673. The van der Waals surface area contributed by atoms with E-state index in [1.54, 1.807) is 0 Å². The Balaban J connectivity index is 1.81. The average molecular weight is 280 g/mol. The Bertz CT molecular complexity index is 502. The molecule has 0 atom stereocenters. The lowest BCUT2D eigenvalue weighted by molar-refractivity contribution is -0.111. The Labute approximate surface area is 128 Å². The summed E-state index contributed by atoms with van der Waals surface area (Å²) in [5.41, 5.74) is 5.21. The minimum Gasteiger partial charge on any atom is -0.303 e. The molecule has 110 valence electrons. The molecule has 1 nitrogen and oxygen atoms in total. The number of benzene rings is 2. The zero-order valence-corrected chi connectivity index (χ0v) is 13.0. The van der Waals surface area contributed by atoms with Crippen molar-refractivity contribution in [3.05, 3.63) is 70.8 Å². The standard InChI is InChI=1S/C20H24O/c1-16-3-7-18(8-4-16)11-13-20(15-21)14-12-19-9-5-17(2)6-10-19/h3-10,15,20H,11-14H2,1-2H3. The largest absolute Gasteiger partial charge is 0.303 e. The highest BCUT2D eigenvalue weighted by molar-refractivity contribution is 5.53. The van der Waals surface area contributed by atoms with E-state index >= 15 is 0 Å². The summed E-state index contributed by atoms with van der Waals surface area (Å²) in [6.07, 6.45) is 4.98. The molecule has 0 bridgehead atoms. The van der Waals surface area contributed by atoms with Gasteiger partial charge in [0.25, 0.3) is 0 Å². The van der Waals surface area contributed by atoms with E-state index in [2.05, 4.69) is 62.4 Å². The number of carbonyl (C=O) groups is 1. The van der Waals surface area contributed by atoms with Crippen molar-refractivity contribution < 1.29 is 4.79 Å². The predicted molar refractivity (Wildman–Crippen MR) is 88.6 cm³/mol. The van der Waals surface area contributed by atoms with Crippen LogP contribution in [-0.2, 0) is 17.6 Å². The van der Waals surface area contributed by atoms with Gasteiger partial charge in [-0.1, -0.05) is 59.7 Å². The summed E-state index contributed by atoms with van der Waals surface area (Å²) < 4.78 is 0. The van der Waals surface area contributed by atoms with E-state index in [9.17, 15) is 4.79 Å². The van der Waals surface area contributed by atoms with Gasteiger partial charge in [0.05, 0.1) is 0 Å². The van der Waals surface area contributed by atoms with Gasteiger partial charge in [0, 0.05) is 5.92 Å². The van der Waals surface area contributed by atoms with Crippen molar-refractivity contribution in [3.63, 3.8) is 0 Å². The normalized spacial score (nSPS) is 10.8.